The maximum atomic E-state index is 13.1. The van der Waals surface area contributed by atoms with Gasteiger partial charge in [0.05, 0.1) is 28.7 Å². The highest BCUT2D eigenvalue weighted by Gasteiger charge is 2.05. The van der Waals surface area contributed by atoms with Crippen LogP contribution in [0.15, 0.2) is 36.5 Å². The van der Waals surface area contributed by atoms with Crippen molar-refractivity contribution in [2.45, 2.75) is 6.92 Å². The Morgan fingerprint density at radius 1 is 1.30 bits per heavy atom. The molecule has 0 aliphatic rings. The number of pyridine rings is 1. The molecule has 0 fully saturated rings. The third-order valence-electron chi connectivity index (χ3n) is 2.63. The Kier molecular flexibility index (Phi) is 3.47. The molecule has 1 N–H and O–H groups in total. The Morgan fingerprint density at radius 3 is 2.95 bits per heavy atom. The van der Waals surface area contributed by atoms with E-state index in [0.717, 1.165) is 10.4 Å². The predicted octanol–water partition coefficient (Wildman–Crippen LogP) is 3.97. The van der Waals surface area contributed by atoms with Gasteiger partial charge in [0.25, 0.3) is 0 Å². The standard InChI is InChI=1S/C14H12FN3OS/c1-2-19-13-6-4-10(8-16-13)17-14-18-11-7-9(15)3-5-12(11)20-14/h3-8H,2H2,1H3,(H,17,18). The summed E-state index contributed by atoms with van der Waals surface area (Å²) < 4.78 is 19.3. The van der Waals surface area contributed by atoms with E-state index in [4.69, 9.17) is 4.74 Å². The first kappa shape index (κ1) is 12.8. The number of hydrogen-bond acceptors (Lipinski definition) is 5. The topological polar surface area (TPSA) is 47.0 Å². The molecule has 0 atom stereocenters. The van der Waals surface area contributed by atoms with Crippen LogP contribution in [0, 0.1) is 5.82 Å². The molecule has 0 aliphatic heterocycles. The normalized spacial score (nSPS) is 10.7. The van der Waals surface area contributed by atoms with Gasteiger partial charge in [0, 0.05) is 12.1 Å². The summed E-state index contributed by atoms with van der Waals surface area (Å²) in [6.45, 7) is 2.50. The van der Waals surface area contributed by atoms with Crippen LogP contribution in [0.3, 0.4) is 0 Å². The van der Waals surface area contributed by atoms with Gasteiger partial charge in [-0.2, -0.15) is 0 Å². The molecule has 102 valence electrons. The lowest BCUT2D eigenvalue weighted by Gasteiger charge is -2.04. The van der Waals surface area contributed by atoms with Gasteiger partial charge < -0.3 is 10.1 Å². The van der Waals surface area contributed by atoms with E-state index >= 15 is 0 Å². The van der Waals surface area contributed by atoms with Crippen molar-refractivity contribution in [2.24, 2.45) is 0 Å². The van der Waals surface area contributed by atoms with Crippen LogP contribution in [-0.4, -0.2) is 16.6 Å². The molecule has 0 spiro atoms. The van der Waals surface area contributed by atoms with Crippen LogP contribution in [-0.2, 0) is 0 Å². The summed E-state index contributed by atoms with van der Waals surface area (Å²) in [5.74, 6) is 0.307. The summed E-state index contributed by atoms with van der Waals surface area (Å²) in [5, 5.41) is 3.85. The third kappa shape index (κ3) is 2.70. The molecule has 4 nitrogen and oxygen atoms in total. The number of fused-ring (bicyclic) bond motifs is 1. The number of ether oxygens (including phenoxy) is 1. The highest BCUT2D eigenvalue weighted by molar-refractivity contribution is 7.22. The first-order valence-corrected chi connectivity index (χ1v) is 6.98. The van der Waals surface area contributed by atoms with Crippen LogP contribution in [0.2, 0.25) is 0 Å². The van der Waals surface area contributed by atoms with Gasteiger partial charge in [0.2, 0.25) is 5.88 Å². The van der Waals surface area contributed by atoms with Gasteiger partial charge in [-0.05, 0) is 25.1 Å². The van der Waals surface area contributed by atoms with E-state index in [1.807, 2.05) is 13.0 Å². The second-order valence-electron chi connectivity index (χ2n) is 4.07. The van der Waals surface area contributed by atoms with E-state index < -0.39 is 0 Å². The number of rotatable bonds is 4. The van der Waals surface area contributed by atoms with E-state index in [2.05, 4.69) is 15.3 Å². The van der Waals surface area contributed by atoms with E-state index in [0.29, 0.717) is 23.1 Å². The Hall–Kier alpha value is -2.21. The number of halogens is 1. The summed E-state index contributed by atoms with van der Waals surface area (Å²) in [7, 11) is 0. The Morgan fingerprint density at radius 2 is 2.20 bits per heavy atom. The van der Waals surface area contributed by atoms with Crippen molar-refractivity contribution < 1.29 is 9.13 Å². The highest BCUT2D eigenvalue weighted by atomic mass is 32.1. The largest absolute Gasteiger partial charge is 0.478 e. The predicted molar refractivity (Wildman–Crippen MR) is 78.3 cm³/mol. The van der Waals surface area contributed by atoms with Gasteiger partial charge >= 0.3 is 0 Å². The summed E-state index contributed by atoms with van der Waals surface area (Å²) in [6, 6.07) is 8.24. The number of benzene rings is 1. The van der Waals surface area contributed by atoms with Crippen molar-refractivity contribution in [1.29, 1.82) is 0 Å². The zero-order chi connectivity index (χ0) is 13.9. The quantitative estimate of drug-likeness (QED) is 0.789. The van der Waals surface area contributed by atoms with Crippen molar-refractivity contribution in [3.05, 3.63) is 42.3 Å². The average molecular weight is 289 g/mol. The maximum Gasteiger partial charge on any atom is 0.213 e. The fraction of sp³-hybridized carbons (Fsp3) is 0.143. The average Bonchev–Trinajstić information content (AvgIpc) is 2.82. The molecule has 0 saturated heterocycles. The highest BCUT2D eigenvalue weighted by Crippen LogP contribution is 2.28. The summed E-state index contributed by atoms with van der Waals surface area (Å²) >= 11 is 1.47. The molecule has 0 saturated carbocycles. The van der Waals surface area contributed by atoms with Crippen LogP contribution in [0.25, 0.3) is 10.2 Å². The molecule has 0 radical (unpaired) electrons. The molecule has 6 heteroatoms. The molecule has 0 bridgehead atoms. The lowest BCUT2D eigenvalue weighted by Crippen LogP contribution is -1.95. The second kappa shape index (κ2) is 5.42. The molecule has 0 aliphatic carbocycles. The zero-order valence-electron chi connectivity index (χ0n) is 10.8. The van der Waals surface area contributed by atoms with E-state index in [9.17, 15) is 4.39 Å². The number of nitrogens with one attached hydrogen (secondary N) is 1. The molecule has 2 aromatic heterocycles. The van der Waals surface area contributed by atoms with Gasteiger partial charge in [-0.25, -0.2) is 14.4 Å². The molecule has 2 heterocycles. The van der Waals surface area contributed by atoms with Gasteiger partial charge in [-0.1, -0.05) is 11.3 Å². The smallest absolute Gasteiger partial charge is 0.213 e. The number of thiazole rings is 1. The van der Waals surface area contributed by atoms with E-state index in [-0.39, 0.29) is 5.82 Å². The fourth-order valence-corrected chi connectivity index (χ4v) is 2.63. The maximum absolute atomic E-state index is 13.1. The van der Waals surface area contributed by atoms with E-state index in [1.54, 1.807) is 18.3 Å². The minimum atomic E-state index is -0.280. The molecule has 0 unspecified atom stereocenters. The van der Waals surface area contributed by atoms with Crippen LogP contribution in [0.4, 0.5) is 15.2 Å². The van der Waals surface area contributed by atoms with E-state index in [1.165, 1.54) is 23.5 Å². The number of aromatic nitrogens is 2. The Labute approximate surface area is 119 Å². The minimum Gasteiger partial charge on any atom is -0.478 e. The van der Waals surface area contributed by atoms with Crippen LogP contribution in [0.1, 0.15) is 6.92 Å². The van der Waals surface area contributed by atoms with Gasteiger partial charge in [0.1, 0.15) is 5.82 Å². The van der Waals surface area contributed by atoms with Crippen molar-refractivity contribution in [2.75, 3.05) is 11.9 Å². The lowest BCUT2D eigenvalue weighted by atomic mass is 10.3. The first-order valence-electron chi connectivity index (χ1n) is 6.16. The third-order valence-corrected chi connectivity index (χ3v) is 3.58. The molecular formula is C14H12FN3OS. The Balaban J connectivity index is 1.81. The van der Waals surface area contributed by atoms with Gasteiger partial charge in [-0.3, -0.25) is 0 Å². The SMILES string of the molecule is CCOc1ccc(Nc2nc3cc(F)ccc3s2)cn1. The van der Waals surface area contributed by atoms with Crippen molar-refractivity contribution in [3.8, 4) is 5.88 Å². The van der Waals surface area contributed by atoms with Crippen LogP contribution >= 0.6 is 11.3 Å². The van der Waals surface area contributed by atoms with Gasteiger partial charge in [0.15, 0.2) is 5.13 Å². The van der Waals surface area contributed by atoms with Crippen LogP contribution in [0.5, 0.6) is 5.88 Å². The van der Waals surface area contributed by atoms with Crippen molar-refractivity contribution in [3.63, 3.8) is 0 Å². The number of hydrogen-bond donors (Lipinski definition) is 1. The monoisotopic (exact) mass is 289 g/mol. The number of anilines is 2. The summed E-state index contributed by atoms with van der Waals surface area (Å²) in [4.78, 5) is 8.50. The lowest BCUT2D eigenvalue weighted by molar-refractivity contribution is 0.327. The first-order chi connectivity index (χ1) is 9.74. The molecule has 3 rings (SSSR count). The van der Waals surface area contributed by atoms with Gasteiger partial charge in [-0.15, -0.1) is 0 Å². The Bertz CT molecular complexity index is 727. The van der Waals surface area contributed by atoms with Crippen molar-refractivity contribution >= 4 is 32.4 Å². The van der Waals surface area contributed by atoms with Crippen molar-refractivity contribution in [1.82, 2.24) is 9.97 Å². The second-order valence-corrected chi connectivity index (χ2v) is 5.10. The fourth-order valence-electron chi connectivity index (χ4n) is 1.77. The summed E-state index contributed by atoms with van der Waals surface area (Å²) in [6.07, 6.45) is 1.68. The number of nitrogens with zero attached hydrogens (tertiary/aromatic N) is 2. The van der Waals surface area contributed by atoms with Crippen LogP contribution < -0.4 is 10.1 Å². The molecular weight excluding hydrogens is 277 g/mol. The molecule has 20 heavy (non-hydrogen) atoms. The molecule has 3 aromatic rings. The summed E-state index contributed by atoms with van der Waals surface area (Å²) in [5.41, 5.74) is 1.46. The molecule has 0 amide bonds. The zero-order valence-corrected chi connectivity index (χ0v) is 11.6. The molecule has 1 aromatic carbocycles. The minimum absolute atomic E-state index is 0.280.